The highest BCUT2D eigenvalue weighted by Gasteiger charge is 2.32. The van der Waals surface area contributed by atoms with E-state index < -0.39 is 0 Å². The van der Waals surface area contributed by atoms with E-state index in [1.165, 1.54) is 0 Å². The van der Waals surface area contributed by atoms with Crippen molar-refractivity contribution in [2.45, 2.75) is 31.7 Å². The Bertz CT molecular complexity index is 484. The maximum atomic E-state index is 12.2. The summed E-state index contributed by atoms with van der Waals surface area (Å²) < 4.78 is 5.21. The smallest absolute Gasteiger partial charge is 0.273 e. The summed E-state index contributed by atoms with van der Waals surface area (Å²) >= 11 is 0. The van der Waals surface area contributed by atoms with Crippen LogP contribution >= 0.6 is 0 Å². The summed E-state index contributed by atoms with van der Waals surface area (Å²) in [5, 5.41) is 15.8. The van der Waals surface area contributed by atoms with Gasteiger partial charge in [-0.1, -0.05) is 12.1 Å². The average Bonchev–Trinajstić information content (AvgIpc) is 3.05. The Balaban J connectivity index is 1.57. The number of nitrogens with zero attached hydrogens (tertiary/aromatic N) is 2. The highest BCUT2D eigenvalue weighted by molar-refractivity contribution is 5.92. The number of aromatic nitrogens is 1. The summed E-state index contributed by atoms with van der Waals surface area (Å²) in [6.45, 7) is 4.60. The van der Waals surface area contributed by atoms with Gasteiger partial charge in [0.05, 0.1) is 6.61 Å². The second-order valence-electron chi connectivity index (χ2n) is 5.93. The first-order chi connectivity index (χ1) is 9.67. The number of carbonyl (C=O) groups excluding carboxylic acids is 1. The molecule has 2 unspecified atom stereocenters. The van der Waals surface area contributed by atoms with E-state index in [-0.39, 0.29) is 18.6 Å². The van der Waals surface area contributed by atoms with Gasteiger partial charge in [-0.05, 0) is 18.8 Å². The van der Waals surface area contributed by atoms with E-state index in [1.807, 2.05) is 0 Å². The lowest BCUT2D eigenvalue weighted by Crippen LogP contribution is -2.40. The molecule has 110 valence electrons. The number of β-amino-alcohol motifs (C(OH)–C–C–N with tert-alkyl or cyclic N) is 1. The third-order valence-corrected chi connectivity index (χ3v) is 4.16. The van der Waals surface area contributed by atoms with E-state index in [4.69, 9.17) is 9.63 Å². The molecule has 6 heteroatoms. The predicted molar refractivity (Wildman–Crippen MR) is 72.4 cm³/mol. The molecule has 3 rings (SSSR count). The molecule has 0 spiro atoms. The van der Waals surface area contributed by atoms with Gasteiger partial charge in [-0.2, -0.15) is 0 Å². The van der Waals surface area contributed by atoms with Crippen molar-refractivity contribution in [3.8, 4) is 0 Å². The van der Waals surface area contributed by atoms with E-state index in [1.54, 1.807) is 6.07 Å². The molecule has 2 aliphatic rings. The van der Waals surface area contributed by atoms with Crippen LogP contribution in [0.4, 0.5) is 0 Å². The first kappa shape index (κ1) is 13.6. The molecule has 2 atom stereocenters. The Morgan fingerprint density at radius 2 is 2.35 bits per heavy atom. The van der Waals surface area contributed by atoms with Crippen LogP contribution in [0.1, 0.15) is 41.9 Å². The zero-order valence-electron chi connectivity index (χ0n) is 11.7. The second-order valence-corrected chi connectivity index (χ2v) is 5.93. The lowest BCUT2D eigenvalue weighted by molar-refractivity contribution is 0.0922. The number of aliphatic hydroxyl groups excluding tert-OH is 1. The molecule has 1 saturated heterocycles. The zero-order chi connectivity index (χ0) is 14.1. The molecule has 1 amide bonds. The van der Waals surface area contributed by atoms with Crippen LogP contribution in [-0.2, 0) is 0 Å². The van der Waals surface area contributed by atoms with Crippen LogP contribution in [0.5, 0.6) is 0 Å². The summed E-state index contributed by atoms with van der Waals surface area (Å²) in [4.78, 5) is 14.3. The summed E-state index contributed by atoms with van der Waals surface area (Å²) in [6.07, 6.45) is 2.26. The van der Waals surface area contributed by atoms with Crippen molar-refractivity contribution < 1.29 is 14.4 Å². The number of rotatable bonds is 5. The molecule has 0 bridgehead atoms. The SMILES string of the molecule is CC1CN(CCO)CC1NC(=O)c1cc(C2CC2)on1. The first-order valence-corrected chi connectivity index (χ1v) is 7.28. The van der Waals surface area contributed by atoms with Crippen LogP contribution in [0.3, 0.4) is 0 Å². The lowest BCUT2D eigenvalue weighted by atomic mass is 10.1. The van der Waals surface area contributed by atoms with Gasteiger partial charge in [0.15, 0.2) is 5.69 Å². The number of carbonyl (C=O) groups is 1. The van der Waals surface area contributed by atoms with Crippen molar-refractivity contribution in [3.05, 3.63) is 17.5 Å². The van der Waals surface area contributed by atoms with Crippen molar-refractivity contribution in [2.75, 3.05) is 26.2 Å². The largest absolute Gasteiger partial charge is 0.395 e. The van der Waals surface area contributed by atoms with Gasteiger partial charge in [0.1, 0.15) is 5.76 Å². The van der Waals surface area contributed by atoms with Gasteiger partial charge in [-0.15, -0.1) is 0 Å². The number of aliphatic hydroxyl groups is 1. The normalized spacial score (nSPS) is 26.9. The highest BCUT2D eigenvalue weighted by Crippen LogP contribution is 2.40. The van der Waals surface area contributed by atoms with Crippen LogP contribution in [0.2, 0.25) is 0 Å². The number of nitrogens with one attached hydrogen (secondary N) is 1. The molecule has 1 saturated carbocycles. The molecule has 0 radical (unpaired) electrons. The molecule has 2 fully saturated rings. The fourth-order valence-electron chi connectivity index (χ4n) is 2.78. The molecular formula is C14H21N3O3. The third-order valence-electron chi connectivity index (χ3n) is 4.16. The van der Waals surface area contributed by atoms with Gasteiger partial charge in [0.25, 0.3) is 5.91 Å². The minimum Gasteiger partial charge on any atom is -0.395 e. The van der Waals surface area contributed by atoms with Gasteiger partial charge in [0.2, 0.25) is 0 Å². The Morgan fingerprint density at radius 3 is 3.05 bits per heavy atom. The molecular weight excluding hydrogens is 258 g/mol. The monoisotopic (exact) mass is 279 g/mol. The first-order valence-electron chi connectivity index (χ1n) is 7.28. The average molecular weight is 279 g/mol. The Morgan fingerprint density at radius 1 is 1.55 bits per heavy atom. The van der Waals surface area contributed by atoms with Gasteiger partial charge in [0, 0.05) is 37.7 Å². The Kier molecular flexibility index (Phi) is 3.76. The van der Waals surface area contributed by atoms with Crippen LogP contribution in [0, 0.1) is 5.92 Å². The number of hydrogen-bond acceptors (Lipinski definition) is 5. The fraction of sp³-hybridized carbons (Fsp3) is 0.714. The third kappa shape index (κ3) is 2.86. The number of amides is 1. The van der Waals surface area contributed by atoms with Crippen LogP contribution in [-0.4, -0.2) is 53.4 Å². The van der Waals surface area contributed by atoms with Gasteiger partial charge >= 0.3 is 0 Å². The molecule has 1 aromatic heterocycles. The van der Waals surface area contributed by atoms with E-state index in [0.29, 0.717) is 24.1 Å². The molecule has 2 heterocycles. The summed E-state index contributed by atoms with van der Waals surface area (Å²) in [5.41, 5.74) is 0.375. The summed E-state index contributed by atoms with van der Waals surface area (Å²) in [5.74, 6) is 1.51. The molecule has 2 N–H and O–H groups in total. The Labute approximate surface area is 118 Å². The maximum absolute atomic E-state index is 12.2. The highest BCUT2D eigenvalue weighted by atomic mass is 16.5. The fourth-order valence-corrected chi connectivity index (χ4v) is 2.78. The molecule has 0 aromatic carbocycles. The number of hydrogen-bond donors (Lipinski definition) is 2. The van der Waals surface area contributed by atoms with Gasteiger partial charge < -0.3 is 14.9 Å². The molecule has 1 aromatic rings. The van der Waals surface area contributed by atoms with Gasteiger partial charge in [-0.25, -0.2) is 0 Å². The number of likely N-dealkylation sites (tertiary alicyclic amines) is 1. The Hall–Kier alpha value is -1.40. The van der Waals surface area contributed by atoms with E-state index in [2.05, 4.69) is 22.3 Å². The lowest BCUT2D eigenvalue weighted by Gasteiger charge is -2.15. The van der Waals surface area contributed by atoms with Crippen LogP contribution < -0.4 is 5.32 Å². The molecule has 6 nitrogen and oxygen atoms in total. The minimum absolute atomic E-state index is 0.107. The topological polar surface area (TPSA) is 78.6 Å². The maximum Gasteiger partial charge on any atom is 0.273 e. The standard InChI is InChI=1S/C14H21N3O3/c1-9-7-17(4-5-18)8-12(9)15-14(19)11-6-13(20-16-11)10-2-3-10/h6,9-10,12,18H,2-5,7-8H2,1H3,(H,15,19). The quantitative estimate of drug-likeness (QED) is 0.825. The van der Waals surface area contributed by atoms with Gasteiger partial charge in [-0.3, -0.25) is 9.69 Å². The second kappa shape index (κ2) is 5.54. The minimum atomic E-state index is -0.164. The molecule has 1 aliphatic heterocycles. The summed E-state index contributed by atoms with van der Waals surface area (Å²) in [6, 6.07) is 1.87. The van der Waals surface area contributed by atoms with E-state index in [9.17, 15) is 4.79 Å². The molecule has 1 aliphatic carbocycles. The van der Waals surface area contributed by atoms with Crippen LogP contribution in [0.25, 0.3) is 0 Å². The van der Waals surface area contributed by atoms with Crippen molar-refractivity contribution in [2.24, 2.45) is 5.92 Å². The molecule has 20 heavy (non-hydrogen) atoms. The van der Waals surface area contributed by atoms with Crippen molar-refractivity contribution in [3.63, 3.8) is 0 Å². The van der Waals surface area contributed by atoms with E-state index in [0.717, 1.165) is 31.7 Å². The van der Waals surface area contributed by atoms with Crippen molar-refractivity contribution in [1.29, 1.82) is 0 Å². The predicted octanol–water partition coefficient (Wildman–Crippen LogP) is 0.594. The van der Waals surface area contributed by atoms with Crippen molar-refractivity contribution >= 4 is 5.91 Å². The van der Waals surface area contributed by atoms with Crippen molar-refractivity contribution in [1.82, 2.24) is 15.4 Å². The van der Waals surface area contributed by atoms with E-state index >= 15 is 0 Å². The van der Waals surface area contributed by atoms with Crippen LogP contribution in [0.15, 0.2) is 10.6 Å². The summed E-state index contributed by atoms with van der Waals surface area (Å²) in [7, 11) is 0. The zero-order valence-corrected chi connectivity index (χ0v) is 11.7.